The quantitative estimate of drug-likeness (QED) is 0.0168. The summed E-state index contributed by atoms with van der Waals surface area (Å²) in [5, 5.41) is 66.7. The molecular formula is C116H136O31. The number of carbonyl (C=O) groups is 6. The molecule has 6 N–H and O–H groups in total. The van der Waals surface area contributed by atoms with Crippen molar-refractivity contribution >= 4 is 120 Å². The Morgan fingerprint density at radius 1 is 0.388 bits per heavy atom. The van der Waals surface area contributed by atoms with Gasteiger partial charge in [0.1, 0.15) is 126 Å². The number of Topliss-reactive ketones (excluding diaryl/α,β-unsaturated/α-hetero) is 4. The molecule has 0 bridgehead atoms. The van der Waals surface area contributed by atoms with Crippen molar-refractivity contribution in [3.63, 3.8) is 0 Å². The van der Waals surface area contributed by atoms with Crippen LogP contribution in [0, 0.1) is 29.6 Å². The van der Waals surface area contributed by atoms with Gasteiger partial charge in [-0.25, -0.2) is 24.0 Å². The molecule has 17 rings (SSSR count). The predicted octanol–water partition coefficient (Wildman–Crippen LogP) is 21.7. The SMILES string of the molecule is C=COC(C)=O.CCCc1cc(=O)oc2c(C(=O)[C@@H](C)[C@H](C)O)c(O)c3c(c12)OC(C)(C)C=C3.CCCc1cc(=O)oc2c(C(=O)[C@@H](C)[C@H](C)O)c(O)c3c(c12)OC(C)(C)C=C3.CCCc1cc(=O)oc2c(C(=O)[C@H](C)C(C)OC(C)=O)c(O)c3c(c12)OC(C)(C)C=C3.CCCc1cc(=O)oc2c3c(c4c(c12)OC(C)(C)C=C4)O[C@H](C)[C@H](C)C3=O.CCCc1cc(=O)oc2c3c(c4c(c12)OC(C)(C)C=C4)O[C@H](C)[C@H](C)[C@@H]3O. The molecule has 0 spiro atoms. The van der Waals surface area contributed by atoms with E-state index in [2.05, 4.69) is 18.2 Å². The smallest absolute Gasteiger partial charge is 0.336 e. The summed E-state index contributed by atoms with van der Waals surface area (Å²) in [6.45, 7) is 51.9. The Labute approximate surface area is 851 Å². The fourth-order valence-corrected chi connectivity index (χ4v) is 18.6. The molecule has 0 fully saturated rings. The minimum atomic E-state index is -0.922. The van der Waals surface area contributed by atoms with E-state index < -0.39 is 122 Å². The monoisotopic (exact) mass is 2020 g/mol. The molecule has 10 aromatic rings. The number of esters is 2. The van der Waals surface area contributed by atoms with Gasteiger partial charge in [-0.15, -0.1) is 0 Å². The Morgan fingerprint density at radius 2 is 0.660 bits per heavy atom. The second kappa shape index (κ2) is 44.0. The molecule has 7 aliphatic rings. The van der Waals surface area contributed by atoms with Crippen LogP contribution in [-0.2, 0) is 51.2 Å². The minimum Gasteiger partial charge on any atom is -0.506 e. The number of hydrogen-bond donors (Lipinski definition) is 6. The molecule has 1 unspecified atom stereocenters. The van der Waals surface area contributed by atoms with Crippen LogP contribution >= 0.6 is 0 Å². The summed E-state index contributed by atoms with van der Waals surface area (Å²) in [5.41, 5.74) is 2.20. The van der Waals surface area contributed by atoms with Crippen LogP contribution in [-0.4, -0.2) is 124 Å². The van der Waals surface area contributed by atoms with Gasteiger partial charge in [0.25, 0.3) is 0 Å². The van der Waals surface area contributed by atoms with Gasteiger partial charge in [0.2, 0.25) is 0 Å². The average molecular weight is 2030 g/mol. The maximum atomic E-state index is 13.4. The van der Waals surface area contributed by atoms with Crippen LogP contribution in [0.1, 0.15) is 328 Å². The predicted molar refractivity (Wildman–Crippen MR) is 561 cm³/mol. The summed E-state index contributed by atoms with van der Waals surface area (Å²) in [6, 6.07) is 7.26. The third kappa shape index (κ3) is 23.1. The maximum absolute atomic E-state index is 13.4. The number of benzene rings is 5. The van der Waals surface area contributed by atoms with E-state index in [1.807, 2.05) is 149 Å². The minimum absolute atomic E-state index is 0.00910. The number of ketones is 4. The summed E-state index contributed by atoms with van der Waals surface area (Å²) in [7, 11) is 0. The zero-order chi connectivity index (χ0) is 109. The van der Waals surface area contributed by atoms with Gasteiger partial charge in [-0.05, 0) is 225 Å². The van der Waals surface area contributed by atoms with Crippen LogP contribution in [0.15, 0.2) is 120 Å². The Balaban J connectivity index is 0.000000161. The number of phenols is 3. The molecule has 5 aromatic carbocycles. The first kappa shape index (κ1) is 112. The molecule has 31 heteroatoms. The number of carbonyl (C=O) groups excluding carboxylic acids is 6. The molecule has 11 atom stereocenters. The highest BCUT2D eigenvalue weighted by Crippen LogP contribution is 2.56. The first-order valence-electron chi connectivity index (χ1n) is 50.2. The first-order chi connectivity index (χ1) is 68.8. The maximum Gasteiger partial charge on any atom is 0.336 e. The van der Waals surface area contributed by atoms with Crippen molar-refractivity contribution in [2.75, 3.05) is 0 Å². The van der Waals surface area contributed by atoms with Crippen molar-refractivity contribution < 1.29 is 124 Å². The van der Waals surface area contributed by atoms with Crippen molar-refractivity contribution in [2.24, 2.45) is 29.6 Å². The topological polar surface area (TPSA) is 458 Å². The lowest BCUT2D eigenvalue weighted by Gasteiger charge is -2.37. The third-order valence-corrected chi connectivity index (χ3v) is 27.1. The van der Waals surface area contributed by atoms with Crippen LogP contribution in [0.3, 0.4) is 0 Å². The summed E-state index contributed by atoms with van der Waals surface area (Å²) < 4.78 is 80.1. The summed E-state index contributed by atoms with van der Waals surface area (Å²) in [6.07, 6.45) is 23.0. The van der Waals surface area contributed by atoms with Crippen LogP contribution in [0.2, 0.25) is 0 Å². The second-order valence-electron chi connectivity index (χ2n) is 41.4. The number of phenolic OH excluding ortho intramolecular Hbond substituents is 3. The molecule has 7 aliphatic heterocycles. The molecule has 147 heavy (non-hydrogen) atoms. The van der Waals surface area contributed by atoms with E-state index in [1.165, 1.54) is 58.0 Å². The third-order valence-electron chi connectivity index (χ3n) is 27.1. The van der Waals surface area contributed by atoms with E-state index >= 15 is 0 Å². The average Bonchev–Trinajstić information content (AvgIpc) is 0.842. The number of aliphatic hydroxyl groups excluding tert-OH is 3. The number of aliphatic hydroxyl groups is 3. The van der Waals surface area contributed by atoms with Crippen LogP contribution in [0.25, 0.3) is 85.2 Å². The number of ether oxygens (including phenoxy) is 9. The standard InChI is InChI=1S/C24H28O7.2C22H26O6.C22H26O5.C22H24O5.C4H6O2/c1-7-8-15-11-17(26)30-23-18(15)22-16(9-10-24(5,6)31-22)21(28)19(23)20(27)12(2)13(3)29-14(4)25;2*1-6-7-13-10-15(24)27-21-16(13)20-14(8-9-22(4,5)28-20)19(26)17(21)18(25)11(2)12(3)23;2*1-6-7-13-10-15(23)26-21-16(13)20-14(8-9-22(4,5)27-20)19-17(21)18(24)11(2)12(3)25-19;1-3-6-4(2)5/h9-13,28H,7-8H2,1-6H3;2*8-12,23,26H,6-7H2,1-5H3;8-12,18,24H,6-7H2,1-5H3;8-12H,6-7H2,1-5H3;3H,1H2,2H3/t12-,13?;2*11-,12-;11-,12+,18-;11-,12+;/m10000./s1. The Morgan fingerprint density at radius 3 is 0.952 bits per heavy atom. The van der Waals surface area contributed by atoms with Crippen LogP contribution in [0.4, 0.5) is 0 Å². The lowest BCUT2D eigenvalue weighted by molar-refractivity contribution is -0.146. The fraction of sp³-hybridized carbons (Fsp3) is 0.457. The molecule has 0 amide bonds. The lowest BCUT2D eigenvalue weighted by Crippen LogP contribution is -2.35. The molecule has 0 radical (unpaired) electrons. The summed E-state index contributed by atoms with van der Waals surface area (Å²) in [5.74, 6) is -2.61. The van der Waals surface area contributed by atoms with E-state index in [1.54, 1.807) is 64.2 Å². The molecule has 5 aromatic heterocycles. The van der Waals surface area contributed by atoms with Crippen molar-refractivity contribution in [2.45, 2.75) is 316 Å². The normalized spacial score (nSPS) is 19.1. The molecule has 0 saturated heterocycles. The van der Waals surface area contributed by atoms with E-state index in [0.29, 0.717) is 138 Å². The first-order valence-corrected chi connectivity index (χ1v) is 50.2. The molecule has 12 heterocycles. The molecule has 786 valence electrons. The van der Waals surface area contributed by atoms with Crippen molar-refractivity contribution in [1.82, 2.24) is 0 Å². The zero-order valence-electron chi connectivity index (χ0n) is 88.8. The van der Waals surface area contributed by atoms with Gasteiger partial charge in [0.05, 0.1) is 96.7 Å². The van der Waals surface area contributed by atoms with Gasteiger partial charge >= 0.3 is 40.1 Å². The molecular weight excluding hydrogens is 1890 g/mol. The molecule has 31 nitrogen and oxygen atoms in total. The molecule has 0 saturated carbocycles. The number of hydrogen-bond acceptors (Lipinski definition) is 31. The van der Waals surface area contributed by atoms with E-state index in [9.17, 15) is 83.4 Å². The second-order valence-corrected chi connectivity index (χ2v) is 41.4. The van der Waals surface area contributed by atoms with Gasteiger partial charge in [0.15, 0.2) is 51.0 Å². The number of aromatic hydroxyl groups is 3. The Bertz CT molecular complexity index is 7230. The van der Waals surface area contributed by atoms with Gasteiger partial charge in [-0.2, -0.15) is 0 Å². The largest absolute Gasteiger partial charge is 0.506 e. The summed E-state index contributed by atoms with van der Waals surface area (Å²) in [4.78, 5) is 135. The highest BCUT2D eigenvalue weighted by molar-refractivity contribution is 6.17. The van der Waals surface area contributed by atoms with Crippen molar-refractivity contribution in [1.29, 1.82) is 0 Å². The Hall–Kier alpha value is -13.9. The highest BCUT2D eigenvalue weighted by atomic mass is 16.6. The summed E-state index contributed by atoms with van der Waals surface area (Å²) >= 11 is 0. The van der Waals surface area contributed by atoms with E-state index in [0.717, 1.165) is 72.4 Å². The van der Waals surface area contributed by atoms with Gasteiger partial charge in [0, 0.05) is 61.9 Å². The van der Waals surface area contributed by atoms with Crippen LogP contribution in [0.5, 0.6) is 57.5 Å². The highest BCUT2D eigenvalue weighted by Gasteiger charge is 2.45. The van der Waals surface area contributed by atoms with Crippen molar-refractivity contribution in [3.8, 4) is 57.5 Å². The lowest BCUT2D eigenvalue weighted by atomic mass is 9.85. The molecule has 0 aliphatic carbocycles. The van der Waals surface area contributed by atoms with E-state index in [4.69, 9.17) is 60.0 Å². The number of rotatable bonds is 21. The van der Waals surface area contributed by atoms with Gasteiger partial charge < -0.3 is 95.4 Å². The Kier molecular flexibility index (Phi) is 33.5. The number of aryl methyl sites for hydroxylation is 5. The van der Waals surface area contributed by atoms with E-state index in [-0.39, 0.29) is 92.1 Å². The van der Waals surface area contributed by atoms with Gasteiger partial charge in [-0.1, -0.05) is 108 Å². The fourth-order valence-electron chi connectivity index (χ4n) is 18.6. The van der Waals surface area contributed by atoms with Gasteiger partial charge in [-0.3, -0.25) is 28.8 Å². The van der Waals surface area contributed by atoms with Crippen LogP contribution < -0.4 is 61.3 Å². The number of fused-ring (bicyclic) bond motifs is 21. The van der Waals surface area contributed by atoms with Crippen molar-refractivity contribution in [3.05, 3.63) is 209 Å². The zero-order valence-corrected chi connectivity index (χ0v) is 88.8.